The molecule has 3 rings (SSSR count). The summed E-state index contributed by atoms with van der Waals surface area (Å²) in [5.41, 5.74) is 8.00. The maximum absolute atomic E-state index is 5.98. The molecule has 1 aliphatic heterocycles. The van der Waals surface area contributed by atoms with E-state index in [-0.39, 0.29) is 30.0 Å². The average molecular weight is 413 g/mol. The van der Waals surface area contributed by atoms with Gasteiger partial charge in [-0.15, -0.1) is 24.0 Å². The lowest BCUT2D eigenvalue weighted by molar-refractivity contribution is 0.262. The van der Waals surface area contributed by atoms with Crippen molar-refractivity contribution in [2.24, 2.45) is 17.8 Å². The maximum Gasteiger partial charge on any atom is 0.189 e. The quantitative estimate of drug-likeness (QED) is 0.458. The van der Waals surface area contributed by atoms with Crippen molar-refractivity contribution in [2.75, 3.05) is 6.61 Å². The second-order valence-corrected chi connectivity index (χ2v) is 5.05. The molecule has 22 heavy (non-hydrogen) atoms. The minimum atomic E-state index is 0. The summed E-state index contributed by atoms with van der Waals surface area (Å²) in [7, 11) is 1.88. The van der Waals surface area contributed by atoms with Crippen molar-refractivity contribution >= 4 is 29.9 Å². The Hall–Kier alpha value is -1.77. The molecule has 1 aromatic heterocycles. The minimum Gasteiger partial charge on any atom is -0.493 e. The molecule has 1 atom stereocenters. The van der Waals surface area contributed by atoms with Crippen LogP contribution in [0.15, 0.2) is 41.5 Å². The highest BCUT2D eigenvalue weighted by Gasteiger charge is 2.21. The Balaban J connectivity index is 0.00000176. The highest BCUT2D eigenvalue weighted by molar-refractivity contribution is 14.0. The molecule has 2 aromatic rings. The fraction of sp³-hybridized carbons (Fsp3) is 0.333. The largest absolute Gasteiger partial charge is 0.493 e. The van der Waals surface area contributed by atoms with Crippen LogP contribution in [0.1, 0.15) is 23.7 Å². The van der Waals surface area contributed by atoms with E-state index in [2.05, 4.69) is 21.5 Å². The van der Waals surface area contributed by atoms with Crippen molar-refractivity contribution in [3.63, 3.8) is 0 Å². The molecule has 0 bridgehead atoms. The summed E-state index contributed by atoms with van der Waals surface area (Å²) < 4.78 is 7.39. The Bertz CT molecular complexity index is 655. The fourth-order valence-electron chi connectivity index (χ4n) is 2.43. The number of ether oxygens (including phenoxy) is 1. The van der Waals surface area contributed by atoms with Gasteiger partial charge in [-0.1, -0.05) is 18.2 Å². The van der Waals surface area contributed by atoms with Gasteiger partial charge in [0.2, 0.25) is 0 Å². The molecule has 1 unspecified atom stereocenters. The van der Waals surface area contributed by atoms with Crippen molar-refractivity contribution in [1.29, 1.82) is 0 Å². The van der Waals surface area contributed by atoms with Crippen molar-refractivity contribution in [3.8, 4) is 5.75 Å². The topological polar surface area (TPSA) is 77.5 Å². The van der Waals surface area contributed by atoms with E-state index >= 15 is 0 Å². The molecule has 118 valence electrons. The number of rotatable bonds is 3. The van der Waals surface area contributed by atoms with E-state index < -0.39 is 0 Å². The second kappa shape index (κ2) is 7.48. The number of hydrogen-bond donors (Lipinski definition) is 2. The Morgan fingerprint density at radius 2 is 2.27 bits per heavy atom. The van der Waals surface area contributed by atoms with Gasteiger partial charge in [-0.25, -0.2) is 4.99 Å². The zero-order valence-electron chi connectivity index (χ0n) is 12.4. The molecule has 2 heterocycles. The van der Waals surface area contributed by atoms with Gasteiger partial charge in [-0.05, 0) is 12.1 Å². The van der Waals surface area contributed by atoms with Gasteiger partial charge in [-0.3, -0.25) is 4.68 Å². The molecular weight excluding hydrogens is 393 g/mol. The van der Waals surface area contributed by atoms with Crippen LogP contribution in [0.4, 0.5) is 0 Å². The molecule has 0 amide bonds. The van der Waals surface area contributed by atoms with Gasteiger partial charge < -0.3 is 15.8 Å². The normalized spacial score (nSPS) is 17.1. The first-order valence-corrected chi connectivity index (χ1v) is 6.99. The minimum absolute atomic E-state index is 0. The zero-order chi connectivity index (χ0) is 14.7. The SMILES string of the molecule is Cn1ccc(CN=C(N)NC2CCOc3ccccc32)n1.I. The molecule has 0 saturated carbocycles. The number of nitrogens with two attached hydrogens (primary N) is 1. The number of aromatic nitrogens is 2. The molecule has 0 radical (unpaired) electrons. The van der Waals surface area contributed by atoms with E-state index in [0.29, 0.717) is 19.1 Å². The van der Waals surface area contributed by atoms with Gasteiger partial charge in [0, 0.05) is 25.2 Å². The van der Waals surface area contributed by atoms with Gasteiger partial charge in [0.05, 0.1) is 24.9 Å². The van der Waals surface area contributed by atoms with E-state index in [1.807, 2.05) is 37.5 Å². The first-order valence-electron chi connectivity index (χ1n) is 6.99. The van der Waals surface area contributed by atoms with Crippen LogP contribution >= 0.6 is 24.0 Å². The van der Waals surface area contributed by atoms with Crippen LogP contribution in [-0.2, 0) is 13.6 Å². The van der Waals surface area contributed by atoms with E-state index in [1.165, 1.54) is 0 Å². The standard InChI is InChI=1S/C15H19N5O.HI/c1-20-8-6-11(19-20)10-17-15(16)18-13-7-9-21-14-5-3-2-4-12(13)14;/h2-6,8,13H,7,9-10H2,1H3,(H3,16,17,18);1H. The van der Waals surface area contributed by atoms with Crippen molar-refractivity contribution in [1.82, 2.24) is 15.1 Å². The third kappa shape index (κ3) is 3.90. The number of hydrogen-bond acceptors (Lipinski definition) is 3. The predicted molar refractivity (Wildman–Crippen MR) is 96.4 cm³/mol. The van der Waals surface area contributed by atoms with Crippen LogP contribution in [0.5, 0.6) is 5.75 Å². The highest BCUT2D eigenvalue weighted by Crippen LogP contribution is 2.31. The zero-order valence-corrected chi connectivity index (χ0v) is 14.7. The summed E-state index contributed by atoms with van der Waals surface area (Å²) in [5, 5.41) is 7.54. The summed E-state index contributed by atoms with van der Waals surface area (Å²) in [5.74, 6) is 1.35. The first kappa shape index (κ1) is 16.6. The lowest BCUT2D eigenvalue weighted by Crippen LogP contribution is -2.37. The maximum atomic E-state index is 5.98. The first-order chi connectivity index (χ1) is 10.2. The number of aryl methyl sites for hydroxylation is 1. The number of halogens is 1. The highest BCUT2D eigenvalue weighted by atomic mass is 127. The van der Waals surface area contributed by atoms with Crippen molar-refractivity contribution < 1.29 is 4.74 Å². The molecular formula is C15H20IN5O. The van der Waals surface area contributed by atoms with Gasteiger partial charge >= 0.3 is 0 Å². The molecule has 7 heteroatoms. The van der Waals surface area contributed by atoms with Crippen LogP contribution in [0.2, 0.25) is 0 Å². The third-order valence-electron chi connectivity index (χ3n) is 3.46. The Labute approximate surface area is 146 Å². The van der Waals surface area contributed by atoms with E-state index in [4.69, 9.17) is 10.5 Å². The number of para-hydroxylation sites is 1. The number of guanidine groups is 1. The predicted octanol–water partition coefficient (Wildman–Crippen LogP) is 1.97. The molecule has 0 aliphatic carbocycles. The molecule has 0 saturated heterocycles. The number of nitrogens with zero attached hydrogens (tertiary/aromatic N) is 3. The van der Waals surface area contributed by atoms with Gasteiger partial charge in [0.1, 0.15) is 5.75 Å². The van der Waals surface area contributed by atoms with Crippen LogP contribution < -0.4 is 15.8 Å². The van der Waals surface area contributed by atoms with Crippen molar-refractivity contribution in [3.05, 3.63) is 47.8 Å². The van der Waals surface area contributed by atoms with Gasteiger partial charge in [0.25, 0.3) is 0 Å². The summed E-state index contributed by atoms with van der Waals surface area (Å²) in [6.45, 7) is 1.16. The third-order valence-corrected chi connectivity index (χ3v) is 3.46. The van der Waals surface area contributed by atoms with E-state index in [9.17, 15) is 0 Å². The second-order valence-electron chi connectivity index (χ2n) is 5.05. The summed E-state index contributed by atoms with van der Waals surface area (Å²) in [6, 6.07) is 10.1. The van der Waals surface area contributed by atoms with Gasteiger partial charge in [0.15, 0.2) is 5.96 Å². The molecule has 3 N–H and O–H groups in total. The molecule has 1 aliphatic rings. The lowest BCUT2D eigenvalue weighted by Gasteiger charge is -2.26. The van der Waals surface area contributed by atoms with E-state index in [1.54, 1.807) is 4.68 Å². The van der Waals surface area contributed by atoms with Crippen LogP contribution in [0.3, 0.4) is 0 Å². The summed E-state index contributed by atoms with van der Waals surface area (Å²) in [6.07, 6.45) is 2.76. The van der Waals surface area contributed by atoms with Crippen LogP contribution in [0, 0.1) is 0 Å². The lowest BCUT2D eigenvalue weighted by atomic mass is 10.0. The smallest absolute Gasteiger partial charge is 0.189 e. The Morgan fingerprint density at radius 1 is 1.45 bits per heavy atom. The van der Waals surface area contributed by atoms with E-state index in [0.717, 1.165) is 23.4 Å². The Kier molecular flexibility index (Phi) is 5.64. The van der Waals surface area contributed by atoms with Crippen LogP contribution in [-0.4, -0.2) is 22.3 Å². The van der Waals surface area contributed by atoms with Gasteiger partial charge in [-0.2, -0.15) is 5.10 Å². The summed E-state index contributed by atoms with van der Waals surface area (Å²) >= 11 is 0. The number of benzene rings is 1. The summed E-state index contributed by atoms with van der Waals surface area (Å²) in [4.78, 5) is 4.34. The number of aliphatic imine (C=N–C) groups is 1. The molecule has 6 nitrogen and oxygen atoms in total. The molecule has 1 aromatic carbocycles. The van der Waals surface area contributed by atoms with Crippen molar-refractivity contribution in [2.45, 2.75) is 19.0 Å². The number of fused-ring (bicyclic) bond motifs is 1. The fourth-order valence-corrected chi connectivity index (χ4v) is 2.43. The number of nitrogens with one attached hydrogen (secondary N) is 1. The molecule has 0 fully saturated rings. The monoisotopic (exact) mass is 413 g/mol. The average Bonchev–Trinajstić information content (AvgIpc) is 2.91. The Morgan fingerprint density at radius 3 is 3.05 bits per heavy atom. The molecule has 0 spiro atoms. The van der Waals surface area contributed by atoms with Crippen LogP contribution in [0.25, 0.3) is 0 Å².